The first-order chi connectivity index (χ1) is 22.2. The molecule has 0 aliphatic heterocycles. The highest BCUT2D eigenvalue weighted by molar-refractivity contribution is 7.26. The highest BCUT2D eigenvalue weighted by Gasteiger charge is 2.17. The summed E-state index contributed by atoms with van der Waals surface area (Å²) < 4.78 is 5.22. The van der Waals surface area contributed by atoms with Crippen molar-refractivity contribution in [3.63, 3.8) is 0 Å². The van der Waals surface area contributed by atoms with Crippen LogP contribution in [0.4, 0.5) is 17.1 Å². The minimum atomic E-state index is 0.682. The summed E-state index contributed by atoms with van der Waals surface area (Å²) in [5, 5.41) is 16.7. The Morgan fingerprint density at radius 3 is 1.56 bits per heavy atom. The second-order valence-corrected chi connectivity index (χ2v) is 13.5. The zero-order valence-corrected chi connectivity index (χ0v) is 25.7. The van der Waals surface area contributed by atoms with Crippen molar-refractivity contribution < 1.29 is 0 Å². The Balaban J connectivity index is 1.19. The van der Waals surface area contributed by atoms with Gasteiger partial charge in [-0.2, -0.15) is 5.26 Å². The van der Waals surface area contributed by atoms with Crippen molar-refractivity contribution in [3.05, 3.63) is 151 Å². The topological polar surface area (TPSA) is 27.0 Å². The van der Waals surface area contributed by atoms with Gasteiger partial charge in [-0.3, -0.25) is 0 Å². The summed E-state index contributed by atoms with van der Waals surface area (Å²) in [5.41, 5.74) is 6.37. The van der Waals surface area contributed by atoms with Gasteiger partial charge in [-0.15, -0.1) is 22.7 Å². The van der Waals surface area contributed by atoms with E-state index in [1.54, 1.807) is 0 Å². The van der Waals surface area contributed by atoms with E-state index < -0.39 is 0 Å². The number of anilines is 3. The Morgan fingerprint density at radius 1 is 0.422 bits per heavy atom. The zero-order chi connectivity index (χ0) is 29.9. The fraction of sp³-hybridized carbons (Fsp3) is 0. The van der Waals surface area contributed by atoms with Crippen LogP contribution in [0.3, 0.4) is 0 Å². The first-order valence-corrected chi connectivity index (χ1v) is 16.5. The number of thiophene rings is 2. The smallest absolute Gasteiger partial charge is 0.0991 e. The van der Waals surface area contributed by atoms with Crippen molar-refractivity contribution >= 4 is 90.9 Å². The molecule has 9 aromatic rings. The van der Waals surface area contributed by atoms with E-state index in [0.717, 1.165) is 39.0 Å². The molecule has 0 bridgehead atoms. The molecule has 2 aromatic heterocycles. The summed E-state index contributed by atoms with van der Waals surface area (Å²) in [5.74, 6) is 0. The molecule has 0 atom stereocenters. The van der Waals surface area contributed by atoms with Crippen LogP contribution in [-0.2, 0) is 0 Å². The normalized spacial score (nSPS) is 11.5. The van der Waals surface area contributed by atoms with Crippen LogP contribution in [0.15, 0.2) is 146 Å². The van der Waals surface area contributed by atoms with Gasteiger partial charge >= 0.3 is 0 Å². The molecule has 0 radical (unpaired) electrons. The van der Waals surface area contributed by atoms with Gasteiger partial charge < -0.3 is 4.90 Å². The van der Waals surface area contributed by atoms with E-state index in [1.165, 1.54) is 40.3 Å². The summed E-state index contributed by atoms with van der Waals surface area (Å²) in [4.78, 5) is 2.38. The van der Waals surface area contributed by atoms with Crippen molar-refractivity contribution in [1.29, 1.82) is 5.26 Å². The predicted octanol–water partition coefficient (Wildman–Crippen LogP) is 12.6. The molecule has 0 aliphatic carbocycles. The Labute approximate surface area is 268 Å². The van der Waals surface area contributed by atoms with Gasteiger partial charge in [-0.05, 0) is 101 Å². The molecule has 210 valence electrons. The average Bonchev–Trinajstić information content (AvgIpc) is 3.66. The molecular weight excluding hydrogens is 585 g/mol. The van der Waals surface area contributed by atoms with E-state index in [9.17, 15) is 5.26 Å². The molecule has 9 rings (SSSR count). The Kier molecular flexibility index (Phi) is 5.96. The number of nitriles is 1. The third-order valence-corrected chi connectivity index (χ3v) is 11.0. The molecule has 0 saturated carbocycles. The third-order valence-electron chi connectivity index (χ3n) is 8.67. The van der Waals surface area contributed by atoms with Crippen LogP contribution < -0.4 is 4.90 Å². The van der Waals surface area contributed by atoms with Gasteiger partial charge in [0, 0.05) is 57.4 Å². The van der Waals surface area contributed by atoms with Gasteiger partial charge in [0.1, 0.15) is 0 Å². The molecule has 0 spiro atoms. The molecule has 0 fully saturated rings. The highest BCUT2D eigenvalue weighted by Crippen LogP contribution is 2.43. The minimum absolute atomic E-state index is 0.682. The van der Waals surface area contributed by atoms with E-state index in [-0.39, 0.29) is 0 Å². The number of hydrogen-bond donors (Lipinski definition) is 0. The number of rotatable bonds is 4. The van der Waals surface area contributed by atoms with Crippen molar-refractivity contribution in [2.45, 2.75) is 0 Å². The zero-order valence-electron chi connectivity index (χ0n) is 24.1. The van der Waals surface area contributed by atoms with Gasteiger partial charge in [0.2, 0.25) is 0 Å². The Bertz CT molecular complexity index is 2510. The summed E-state index contributed by atoms with van der Waals surface area (Å²) in [6.45, 7) is 0. The lowest BCUT2D eigenvalue weighted by atomic mass is 9.99. The van der Waals surface area contributed by atoms with Crippen LogP contribution in [0, 0.1) is 11.3 Å². The first-order valence-electron chi connectivity index (χ1n) is 14.9. The number of nitrogens with zero attached hydrogens (tertiary/aromatic N) is 2. The largest absolute Gasteiger partial charge is 0.310 e. The lowest BCUT2D eigenvalue weighted by molar-refractivity contribution is 1.30. The summed E-state index contributed by atoms with van der Waals surface area (Å²) in [6.07, 6.45) is 0. The van der Waals surface area contributed by atoms with Crippen LogP contribution in [0.2, 0.25) is 0 Å². The van der Waals surface area contributed by atoms with Gasteiger partial charge in [-0.1, -0.05) is 66.7 Å². The van der Waals surface area contributed by atoms with E-state index in [0.29, 0.717) is 5.56 Å². The monoisotopic (exact) mass is 608 g/mol. The molecule has 4 heteroatoms. The maximum absolute atomic E-state index is 9.29. The molecule has 45 heavy (non-hydrogen) atoms. The Morgan fingerprint density at radius 2 is 0.933 bits per heavy atom. The maximum Gasteiger partial charge on any atom is 0.0991 e. The summed E-state index contributed by atoms with van der Waals surface area (Å²) >= 11 is 3.69. The first kappa shape index (κ1) is 26.0. The lowest BCUT2D eigenvalue weighted by Gasteiger charge is -2.26. The lowest BCUT2D eigenvalue weighted by Crippen LogP contribution is -2.09. The fourth-order valence-electron chi connectivity index (χ4n) is 6.45. The molecule has 0 saturated heterocycles. The van der Waals surface area contributed by atoms with Gasteiger partial charge in [0.15, 0.2) is 0 Å². The second kappa shape index (κ2) is 10.3. The van der Waals surface area contributed by atoms with Crippen molar-refractivity contribution in [2.75, 3.05) is 4.90 Å². The number of fused-ring (bicyclic) bond motifs is 7. The molecule has 2 nitrogen and oxygen atoms in total. The van der Waals surface area contributed by atoms with Crippen LogP contribution in [0.5, 0.6) is 0 Å². The van der Waals surface area contributed by atoms with Crippen LogP contribution in [0.25, 0.3) is 62.2 Å². The molecule has 0 amide bonds. The SMILES string of the molecule is N#Cc1ccc2cc(-c3ccc(N(c4ccc5sc6ccccc6c5c4)c4ccc5sc6ccccc6c5c4)cc3)ccc2c1. The average molecular weight is 609 g/mol. The van der Waals surface area contributed by atoms with Crippen LogP contribution in [0.1, 0.15) is 5.56 Å². The molecule has 2 heterocycles. The third kappa shape index (κ3) is 4.37. The summed E-state index contributed by atoms with van der Waals surface area (Å²) in [6, 6.07) is 54.5. The minimum Gasteiger partial charge on any atom is -0.310 e. The quantitative estimate of drug-likeness (QED) is 0.199. The predicted molar refractivity (Wildman–Crippen MR) is 195 cm³/mol. The van der Waals surface area contributed by atoms with Gasteiger partial charge in [0.05, 0.1) is 11.6 Å². The van der Waals surface area contributed by atoms with Crippen molar-refractivity contribution in [2.24, 2.45) is 0 Å². The van der Waals surface area contributed by atoms with E-state index in [1.807, 2.05) is 40.9 Å². The molecule has 0 unspecified atom stereocenters. The van der Waals surface area contributed by atoms with Gasteiger partial charge in [0.25, 0.3) is 0 Å². The number of hydrogen-bond acceptors (Lipinski definition) is 4. The Hall–Kier alpha value is -5.47. The molecule has 0 N–H and O–H groups in total. The van der Waals surface area contributed by atoms with Gasteiger partial charge in [-0.25, -0.2) is 0 Å². The second-order valence-electron chi connectivity index (χ2n) is 11.3. The van der Waals surface area contributed by atoms with E-state index in [2.05, 4.69) is 138 Å². The van der Waals surface area contributed by atoms with Crippen molar-refractivity contribution in [1.82, 2.24) is 0 Å². The maximum atomic E-state index is 9.29. The van der Waals surface area contributed by atoms with Crippen LogP contribution in [-0.4, -0.2) is 0 Å². The number of benzene rings is 7. The molecular formula is C41H24N2S2. The fourth-order valence-corrected chi connectivity index (χ4v) is 8.62. The molecule has 7 aromatic carbocycles. The molecule has 0 aliphatic rings. The standard InChI is InChI=1S/C41H24N2S2/c42-25-26-9-10-30-22-29(12-11-28(30)21-26)27-13-15-31(16-14-27)43(32-17-19-40-36(23-32)34-5-1-3-7-38(34)44-40)33-18-20-41-37(24-33)35-6-2-4-8-39(35)45-41/h1-24H. The van der Waals surface area contributed by atoms with E-state index in [4.69, 9.17) is 0 Å². The highest BCUT2D eigenvalue weighted by atomic mass is 32.1. The van der Waals surface area contributed by atoms with Crippen molar-refractivity contribution in [3.8, 4) is 17.2 Å². The summed E-state index contributed by atoms with van der Waals surface area (Å²) in [7, 11) is 0. The van der Waals surface area contributed by atoms with E-state index >= 15 is 0 Å². The van der Waals surface area contributed by atoms with Crippen LogP contribution >= 0.6 is 22.7 Å².